The predicted octanol–water partition coefficient (Wildman–Crippen LogP) is 3.82. The molecule has 1 fully saturated rings. The Labute approximate surface area is 205 Å². The van der Waals surface area contributed by atoms with Gasteiger partial charge in [0.15, 0.2) is 5.16 Å². The van der Waals surface area contributed by atoms with E-state index in [4.69, 9.17) is 4.74 Å². The SMILES string of the molecule is COc1ccc(N2CCN(CCCNC(=O)c3cnc(SC)nc3-c3ccccc3)CC2)cc1. The van der Waals surface area contributed by atoms with Crippen molar-refractivity contribution in [3.05, 3.63) is 66.4 Å². The van der Waals surface area contributed by atoms with E-state index in [0.717, 1.165) is 50.5 Å². The van der Waals surface area contributed by atoms with Crippen molar-refractivity contribution >= 4 is 23.4 Å². The monoisotopic (exact) mass is 477 g/mol. The predicted molar refractivity (Wildman–Crippen MR) is 138 cm³/mol. The fraction of sp³-hybridized carbons (Fsp3) is 0.346. The Morgan fingerprint density at radius 3 is 2.47 bits per heavy atom. The number of nitrogens with zero attached hydrogens (tertiary/aromatic N) is 4. The van der Waals surface area contributed by atoms with Crippen molar-refractivity contribution in [3.63, 3.8) is 0 Å². The lowest BCUT2D eigenvalue weighted by Crippen LogP contribution is -2.47. The van der Waals surface area contributed by atoms with Crippen LogP contribution in [0.1, 0.15) is 16.8 Å². The highest BCUT2D eigenvalue weighted by molar-refractivity contribution is 7.98. The highest BCUT2D eigenvalue weighted by atomic mass is 32.2. The first kappa shape index (κ1) is 24.0. The number of anilines is 1. The van der Waals surface area contributed by atoms with Crippen molar-refractivity contribution in [1.29, 1.82) is 0 Å². The van der Waals surface area contributed by atoms with Gasteiger partial charge in [0.1, 0.15) is 5.75 Å². The van der Waals surface area contributed by atoms with Gasteiger partial charge in [-0.15, -0.1) is 0 Å². The van der Waals surface area contributed by atoms with E-state index < -0.39 is 0 Å². The molecule has 0 spiro atoms. The third-order valence-electron chi connectivity index (χ3n) is 5.99. The number of carbonyl (C=O) groups excluding carboxylic acids is 1. The number of hydrogen-bond acceptors (Lipinski definition) is 7. The van der Waals surface area contributed by atoms with Crippen molar-refractivity contribution in [2.24, 2.45) is 0 Å². The van der Waals surface area contributed by atoms with Crippen LogP contribution in [0.25, 0.3) is 11.3 Å². The van der Waals surface area contributed by atoms with Crippen LogP contribution in [0.5, 0.6) is 5.75 Å². The molecule has 1 aliphatic rings. The van der Waals surface area contributed by atoms with Gasteiger partial charge in [0.25, 0.3) is 5.91 Å². The average molecular weight is 478 g/mol. The summed E-state index contributed by atoms with van der Waals surface area (Å²) in [4.78, 5) is 26.7. The summed E-state index contributed by atoms with van der Waals surface area (Å²) in [7, 11) is 1.69. The van der Waals surface area contributed by atoms with Gasteiger partial charge in [0, 0.05) is 50.2 Å². The zero-order valence-corrected chi connectivity index (χ0v) is 20.6. The van der Waals surface area contributed by atoms with Crippen LogP contribution in [0.4, 0.5) is 5.69 Å². The van der Waals surface area contributed by atoms with Crippen LogP contribution >= 0.6 is 11.8 Å². The van der Waals surface area contributed by atoms with Crippen LogP contribution in [-0.4, -0.2) is 73.4 Å². The van der Waals surface area contributed by atoms with Gasteiger partial charge in [-0.25, -0.2) is 9.97 Å². The lowest BCUT2D eigenvalue weighted by atomic mass is 10.1. The van der Waals surface area contributed by atoms with E-state index in [-0.39, 0.29) is 5.91 Å². The number of amides is 1. The molecule has 178 valence electrons. The van der Waals surface area contributed by atoms with Gasteiger partial charge in [-0.1, -0.05) is 42.1 Å². The third kappa shape index (κ3) is 6.07. The normalized spacial score (nSPS) is 14.1. The van der Waals surface area contributed by atoms with Gasteiger partial charge in [-0.05, 0) is 43.5 Å². The Morgan fingerprint density at radius 2 is 1.79 bits per heavy atom. The molecule has 0 saturated carbocycles. The van der Waals surface area contributed by atoms with Crippen molar-refractivity contribution in [1.82, 2.24) is 20.2 Å². The van der Waals surface area contributed by atoms with Gasteiger partial charge in [0.05, 0.1) is 18.4 Å². The average Bonchev–Trinajstić information content (AvgIpc) is 2.91. The molecule has 1 saturated heterocycles. The number of methoxy groups -OCH3 is 1. The topological polar surface area (TPSA) is 70.6 Å². The summed E-state index contributed by atoms with van der Waals surface area (Å²) in [6.07, 6.45) is 4.47. The smallest absolute Gasteiger partial charge is 0.255 e. The third-order valence-corrected chi connectivity index (χ3v) is 6.55. The van der Waals surface area contributed by atoms with Gasteiger partial charge in [0.2, 0.25) is 0 Å². The number of piperazine rings is 1. The summed E-state index contributed by atoms with van der Waals surface area (Å²) in [6.45, 7) is 5.61. The van der Waals surface area contributed by atoms with Crippen molar-refractivity contribution in [2.75, 3.05) is 57.5 Å². The van der Waals surface area contributed by atoms with E-state index in [2.05, 4.69) is 37.2 Å². The molecule has 34 heavy (non-hydrogen) atoms. The van der Waals surface area contributed by atoms with E-state index in [1.165, 1.54) is 17.4 Å². The summed E-state index contributed by atoms with van der Waals surface area (Å²) in [5, 5.41) is 3.71. The molecule has 0 atom stereocenters. The molecule has 4 rings (SSSR count). The Kier molecular flexibility index (Phi) is 8.38. The second-order valence-electron chi connectivity index (χ2n) is 8.12. The lowest BCUT2D eigenvalue weighted by molar-refractivity contribution is 0.0951. The van der Waals surface area contributed by atoms with E-state index in [9.17, 15) is 4.79 Å². The largest absolute Gasteiger partial charge is 0.497 e. The number of benzene rings is 2. The second kappa shape index (κ2) is 11.9. The highest BCUT2D eigenvalue weighted by Crippen LogP contribution is 2.23. The molecule has 3 aromatic rings. The molecule has 1 aromatic heterocycles. The molecule has 0 radical (unpaired) electrons. The standard InChI is InChI=1S/C26H31N5O2S/c1-33-22-11-9-21(10-12-22)31-17-15-30(16-18-31)14-6-13-27-25(32)23-19-28-26(34-2)29-24(23)20-7-4-3-5-8-20/h3-5,7-12,19H,6,13-18H2,1-2H3,(H,27,32). The van der Waals surface area contributed by atoms with E-state index in [0.29, 0.717) is 23.0 Å². The number of carbonyl (C=O) groups is 1. The Hall–Kier alpha value is -3.10. The summed E-state index contributed by atoms with van der Waals surface area (Å²) >= 11 is 1.47. The molecule has 0 bridgehead atoms. The molecule has 1 amide bonds. The molecule has 2 aromatic carbocycles. The molecule has 2 heterocycles. The number of hydrogen-bond donors (Lipinski definition) is 1. The summed E-state index contributed by atoms with van der Waals surface area (Å²) in [5.74, 6) is 0.753. The molecule has 8 heteroatoms. The number of aromatic nitrogens is 2. The highest BCUT2D eigenvalue weighted by Gasteiger charge is 2.18. The number of thioether (sulfide) groups is 1. The maximum absolute atomic E-state index is 12.9. The first-order chi connectivity index (χ1) is 16.7. The minimum atomic E-state index is -0.129. The fourth-order valence-corrected chi connectivity index (χ4v) is 4.41. The Balaban J connectivity index is 1.25. The van der Waals surface area contributed by atoms with Crippen molar-refractivity contribution in [2.45, 2.75) is 11.6 Å². The fourth-order valence-electron chi connectivity index (χ4n) is 4.07. The van der Waals surface area contributed by atoms with Gasteiger partial charge < -0.3 is 15.0 Å². The lowest BCUT2D eigenvalue weighted by Gasteiger charge is -2.36. The first-order valence-electron chi connectivity index (χ1n) is 11.5. The van der Waals surface area contributed by atoms with Gasteiger partial charge in [-0.2, -0.15) is 0 Å². The van der Waals surface area contributed by atoms with Crippen LogP contribution < -0.4 is 15.0 Å². The van der Waals surface area contributed by atoms with Crippen LogP contribution in [-0.2, 0) is 0 Å². The minimum absolute atomic E-state index is 0.129. The van der Waals surface area contributed by atoms with E-state index in [1.54, 1.807) is 13.3 Å². The molecule has 1 aliphatic heterocycles. The maximum atomic E-state index is 12.9. The molecular formula is C26H31N5O2S. The Bertz CT molecular complexity index is 1070. The first-order valence-corrected chi connectivity index (χ1v) is 12.8. The number of ether oxygens (including phenoxy) is 1. The number of nitrogens with one attached hydrogen (secondary N) is 1. The molecule has 0 unspecified atom stereocenters. The summed E-state index contributed by atoms with van der Waals surface area (Å²) in [5.41, 5.74) is 3.33. The summed E-state index contributed by atoms with van der Waals surface area (Å²) < 4.78 is 5.25. The zero-order valence-electron chi connectivity index (χ0n) is 19.7. The Morgan fingerprint density at radius 1 is 1.06 bits per heavy atom. The van der Waals surface area contributed by atoms with Crippen LogP contribution in [0.3, 0.4) is 0 Å². The molecule has 7 nitrogen and oxygen atoms in total. The van der Waals surface area contributed by atoms with Gasteiger partial charge in [-0.3, -0.25) is 9.69 Å². The maximum Gasteiger partial charge on any atom is 0.255 e. The minimum Gasteiger partial charge on any atom is -0.497 e. The molecule has 0 aliphatic carbocycles. The van der Waals surface area contributed by atoms with Crippen molar-refractivity contribution in [3.8, 4) is 17.0 Å². The van der Waals surface area contributed by atoms with Crippen LogP contribution in [0.2, 0.25) is 0 Å². The zero-order chi connectivity index (χ0) is 23.8. The van der Waals surface area contributed by atoms with E-state index >= 15 is 0 Å². The summed E-state index contributed by atoms with van der Waals surface area (Å²) in [6, 6.07) is 18.0. The molecular weight excluding hydrogens is 446 g/mol. The van der Waals surface area contributed by atoms with Crippen LogP contribution in [0.15, 0.2) is 66.0 Å². The number of rotatable bonds is 9. The quantitative estimate of drug-likeness (QED) is 0.285. The van der Waals surface area contributed by atoms with Crippen molar-refractivity contribution < 1.29 is 9.53 Å². The van der Waals surface area contributed by atoms with Gasteiger partial charge >= 0.3 is 0 Å². The van der Waals surface area contributed by atoms with E-state index in [1.807, 2.05) is 48.7 Å². The second-order valence-corrected chi connectivity index (χ2v) is 8.89. The molecule has 1 N–H and O–H groups in total. The van der Waals surface area contributed by atoms with Crippen LogP contribution in [0, 0.1) is 0 Å².